The maximum absolute atomic E-state index is 12.3. The molecule has 2 atom stereocenters. The van der Waals surface area contributed by atoms with E-state index in [1.54, 1.807) is 12.1 Å². The molecule has 18 heavy (non-hydrogen) atoms. The first kappa shape index (κ1) is 11.3. The number of likely N-dealkylation sites (tertiary alicyclic amines) is 1. The normalized spacial score (nSPS) is 26.9. The summed E-state index contributed by atoms with van der Waals surface area (Å²) in [7, 11) is 0. The van der Waals surface area contributed by atoms with Gasteiger partial charge in [0.05, 0.1) is 12.1 Å². The number of rotatable bonds is 1. The van der Waals surface area contributed by atoms with E-state index in [4.69, 9.17) is 4.42 Å². The number of hydrogen-bond donors (Lipinski definition) is 1. The van der Waals surface area contributed by atoms with E-state index in [1.165, 1.54) is 0 Å². The van der Waals surface area contributed by atoms with Crippen LogP contribution < -0.4 is 5.32 Å². The van der Waals surface area contributed by atoms with Crippen LogP contribution in [-0.2, 0) is 4.79 Å². The lowest BCUT2D eigenvalue weighted by Crippen LogP contribution is -2.50. The highest BCUT2D eigenvalue weighted by molar-refractivity contribution is 5.92. The van der Waals surface area contributed by atoms with Gasteiger partial charge >= 0.3 is 0 Å². The number of nitrogens with zero attached hydrogens (tertiary/aromatic N) is 1. The largest absolute Gasteiger partial charge is 0.456 e. The maximum atomic E-state index is 12.3. The second-order valence-electron chi connectivity index (χ2n) is 4.98. The highest BCUT2D eigenvalue weighted by Gasteiger charge is 2.41. The van der Waals surface area contributed by atoms with Gasteiger partial charge in [0.2, 0.25) is 5.91 Å². The predicted molar refractivity (Wildman–Crippen MR) is 64.1 cm³/mol. The average Bonchev–Trinajstić information content (AvgIpc) is 2.94. The van der Waals surface area contributed by atoms with Gasteiger partial charge < -0.3 is 14.6 Å². The third kappa shape index (κ3) is 1.79. The minimum atomic E-state index is -0.0632. The van der Waals surface area contributed by atoms with Crippen molar-refractivity contribution >= 4 is 11.8 Å². The van der Waals surface area contributed by atoms with Crippen LogP contribution in [0.2, 0.25) is 0 Å². The summed E-state index contributed by atoms with van der Waals surface area (Å²) in [5.41, 5.74) is 0. The summed E-state index contributed by atoms with van der Waals surface area (Å²) in [6, 6.07) is 3.75. The standard InChI is InChI=1S/C13H16N2O3/c1-8-2-4-11(18-8)13(17)15-7-6-9-10(15)3-5-12(16)14-9/h2,4,9-10H,3,5-7H2,1H3,(H,14,16)/t9-,10+/m1/s1. The molecule has 0 saturated carbocycles. The molecular weight excluding hydrogens is 232 g/mol. The van der Waals surface area contributed by atoms with E-state index in [-0.39, 0.29) is 23.9 Å². The molecule has 2 aliphatic heterocycles. The van der Waals surface area contributed by atoms with Gasteiger partial charge in [-0.05, 0) is 31.9 Å². The Morgan fingerprint density at radius 3 is 3.00 bits per heavy atom. The van der Waals surface area contributed by atoms with Crippen LogP contribution >= 0.6 is 0 Å². The van der Waals surface area contributed by atoms with Crippen molar-refractivity contribution in [3.63, 3.8) is 0 Å². The minimum Gasteiger partial charge on any atom is -0.456 e. The molecule has 3 rings (SSSR count). The zero-order valence-corrected chi connectivity index (χ0v) is 10.3. The zero-order chi connectivity index (χ0) is 12.7. The first-order chi connectivity index (χ1) is 8.65. The molecule has 2 fully saturated rings. The van der Waals surface area contributed by atoms with Crippen LogP contribution in [0.25, 0.3) is 0 Å². The number of fused-ring (bicyclic) bond motifs is 1. The van der Waals surface area contributed by atoms with Crippen LogP contribution in [0.3, 0.4) is 0 Å². The Morgan fingerprint density at radius 2 is 2.28 bits per heavy atom. The lowest BCUT2D eigenvalue weighted by atomic mass is 9.99. The van der Waals surface area contributed by atoms with Gasteiger partial charge in [0.15, 0.2) is 5.76 Å². The van der Waals surface area contributed by atoms with Crippen molar-refractivity contribution in [2.45, 2.75) is 38.3 Å². The van der Waals surface area contributed by atoms with Crippen LogP contribution in [0.15, 0.2) is 16.5 Å². The topological polar surface area (TPSA) is 62.6 Å². The van der Waals surface area contributed by atoms with E-state index in [1.807, 2.05) is 11.8 Å². The number of piperidine rings is 1. The van der Waals surface area contributed by atoms with Crippen molar-refractivity contribution in [3.8, 4) is 0 Å². The molecule has 0 bridgehead atoms. The molecule has 5 nitrogen and oxygen atoms in total. The van der Waals surface area contributed by atoms with Crippen molar-refractivity contribution < 1.29 is 14.0 Å². The maximum Gasteiger partial charge on any atom is 0.289 e. The SMILES string of the molecule is Cc1ccc(C(=O)N2CC[C@H]3NC(=O)CC[C@@H]32)o1. The van der Waals surface area contributed by atoms with Crippen molar-refractivity contribution in [2.24, 2.45) is 0 Å². The van der Waals surface area contributed by atoms with Gasteiger partial charge in [-0.1, -0.05) is 0 Å². The fraction of sp³-hybridized carbons (Fsp3) is 0.538. The van der Waals surface area contributed by atoms with Crippen LogP contribution in [0, 0.1) is 6.92 Å². The van der Waals surface area contributed by atoms with Gasteiger partial charge in [0.25, 0.3) is 5.91 Å². The number of carbonyl (C=O) groups is 2. The summed E-state index contributed by atoms with van der Waals surface area (Å²) in [6.45, 7) is 2.51. The minimum absolute atomic E-state index is 0.0632. The molecule has 5 heteroatoms. The molecule has 1 aromatic rings. The first-order valence-electron chi connectivity index (χ1n) is 6.32. The Morgan fingerprint density at radius 1 is 1.44 bits per heavy atom. The average molecular weight is 248 g/mol. The summed E-state index contributed by atoms with van der Waals surface area (Å²) >= 11 is 0. The quantitative estimate of drug-likeness (QED) is 0.809. The molecule has 96 valence electrons. The molecule has 0 spiro atoms. The van der Waals surface area contributed by atoms with E-state index < -0.39 is 0 Å². The molecular formula is C13H16N2O3. The number of carbonyl (C=O) groups excluding carboxylic acids is 2. The summed E-state index contributed by atoms with van der Waals surface area (Å²) < 4.78 is 5.38. The van der Waals surface area contributed by atoms with E-state index in [0.29, 0.717) is 18.7 Å². The molecule has 0 unspecified atom stereocenters. The van der Waals surface area contributed by atoms with Crippen LogP contribution in [-0.4, -0.2) is 35.3 Å². The smallest absolute Gasteiger partial charge is 0.289 e. The Bertz CT molecular complexity index is 494. The summed E-state index contributed by atoms with van der Waals surface area (Å²) in [5.74, 6) is 1.17. The number of furan rings is 1. The molecule has 3 heterocycles. The Kier molecular flexibility index (Phi) is 2.61. The molecule has 1 aromatic heterocycles. The second kappa shape index (κ2) is 4.15. The summed E-state index contributed by atoms with van der Waals surface area (Å²) in [6.07, 6.45) is 2.09. The monoisotopic (exact) mass is 248 g/mol. The number of hydrogen-bond acceptors (Lipinski definition) is 3. The van der Waals surface area contributed by atoms with E-state index in [0.717, 1.165) is 18.6 Å². The third-order valence-corrected chi connectivity index (χ3v) is 3.77. The summed E-state index contributed by atoms with van der Waals surface area (Å²) in [5, 5.41) is 2.96. The predicted octanol–water partition coefficient (Wildman–Crippen LogP) is 1.08. The van der Waals surface area contributed by atoms with Gasteiger partial charge in [0, 0.05) is 13.0 Å². The molecule has 2 aliphatic rings. The fourth-order valence-electron chi connectivity index (χ4n) is 2.88. The molecule has 2 amide bonds. The van der Waals surface area contributed by atoms with Crippen molar-refractivity contribution in [2.75, 3.05) is 6.54 Å². The van der Waals surface area contributed by atoms with E-state index in [2.05, 4.69) is 5.32 Å². The van der Waals surface area contributed by atoms with E-state index in [9.17, 15) is 9.59 Å². The molecule has 2 saturated heterocycles. The van der Waals surface area contributed by atoms with Gasteiger partial charge in [-0.2, -0.15) is 0 Å². The first-order valence-corrected chi connectivity index (χ1v) is 6.32. The number of aryl methyl sites for hydroxylation is 1. The highest BCUT2D eigenvalue weighted by Crippen LogP contribution is 2.27. The zero-order valence-electron chi connectivity index (χ0n) is 10.3. The van der Waals surface area contributed by atoms with Gasteiger partial charge in [-0.25, -0.2) is 0 Å². The number of nitrogens with one attached hydrogen (secondary N) is 1. The van der Waals surface area contributed by atoms with Crippen LogP contribution in [0.5, 0.6) is 0 Å². The van der Waals surface area contributed by atoms with Gasteiger partial charge in [0.1, 0.15) is 5.76 Å². The summed E-state index contributed by atoms with van der Waals surface area (Å²) in [4.78, 5) is 25.5. The Labute approximate surface area is 105 Å². The van der Waals surface area contributed by atoms with Gasteiger partial charge in [-0.15, -0.1) is 0 Å². The van der Waals surface area contributed by atoms with Gasteiger partial charge in [-0.3, -0.25) is 9.59 Å². The molecule has 0 aliphatic carbocycles. The van der Waals surface area contributed by atoms with E-state index >= 15 is 0 Å². The second-order valence-corrected chi connectivity index (χ2v) is 4.98. The molecule has 1 N–H and O–H groups in total. The Balaban J connectivity index is 1.77. The van der Waals surface area contributed by atoms with Crippen molar-refractivity contribution in [3.05, 3.63) is 23.7 Å². The van der Waals surface area contributed by atoms with Crippen molar-refractivity contribution in [1.29, 1.82) is 0 Å². The Hall–Kier alpha value is -1.78. The van der Waals surface area contributed by atoms with Crippen molar-refractivity contribution in [1.82, 2.24) is 10.2 Å². The third-order valence-electron chi connectivity index (χ3n) is 3.77. The lowest BCUT2D eigenvalue weighted by Gasteiger charge is -2.31. The van der Waals surface area contributed by atoms with Crippen LogP contribution in [0.1, 0.15) is 35.6 Å². The van der Waals surface area contributed by atoms with Crippen LogP contribution in [0.4, 0.5) is 0 Å². The molecule has 0 radical (unpaired) electrons. The molecule has 0 aromatic carbocycles. The highest BCUT2D eigenvalue weighted by atomic mass is 16.3. The fourth-order valence-corrected chi connectivity index (χ4v) is 2.88. The lowest BCUT2D eigenvalue weighted by molar-refractivity contribution is -0.123. The number of amides is 2.